The molecule has 0 amide bonds. The van der Waals surface area contributed by atoms with E-state index in [0.717, 1.165) is 0 Å². The van der Waals surface area contributed by atoms with Crippen molar-refractivity contribution < 1.29 is 0 Å². The minimum Gasteiger partial charge on any atom is -0.295 e. The lowest BCUT2D eigenvalue weighted by atomic mass is 10.2. The van der Waals surface area contributed by atoms with Crippen molar-refractivity contribution in [1.82, 2.24) is 9.80 Å². The molecule has 0 bridgehead atoms. The number of hydrogen-bond donors (Lipinski definition) is 0. The molecule has 1 aromatic carbocycles. The maximum Gasteiger partial charge on any atom is 0.0958 e. The monoisotopic (exact) mass is 248 g/mol. The van der Waals surface area contributed by atoms with Crippen LogP contribution in [0.1, 0.15) is 12.5 Å². The molecule has 0 aromatic heterocycles. The molecule has 0 saturated carbocycles. The molecule has 0 unspecified atom stereocenters. The van der Waals surface area contributed by atoms with Gasteiger partial charge in [-0.1, -0.05) is 42.1 Å². The van der Waals surface area contributed by atoms with Crippen LogP contribution in [0.15, 0.2) is 30.8 Å². The summed E-state index contributed by atoms with van der Waals surface area (Å²) in [5.41, 5.74) is 1.22. The van der Waals surface area contributed by atoms with Crippen molar-refractivity contribution >= 4 is 20.8 Å². The topological polar surface area (TPSA) is 6.48 Å². The van der Waals surface area contributed by atoms with Gasteiger partial charge in [0.2, 0.25) is 0 Å². The molecule has 1 aromatic rings. The first-order chi connectivity index (χ1) is 7.90. The summed E-state index contributed by atoms with van der Waals surface area (Å²) in [6.45, 7) is 6.15. The molecule has 0 saturated heterocycles. The van der Waals surface area contributed by atoms with Crippen molar-refractivity contribution in [3.05, 3.63) is 36.4 Å². The Morgan fingerprint density at radius 3 is 2.24 bits per heavy atom. The second-order valence-electron chi connectivity index (χ2n) is 5.13. The fourth-order valence-corrected chi connectivity index (χ4v) is 3.93. The SMILES string of the molecule is C=Cc1cccc([SiH2]C(C)(N(C)C)N(C)C)c1. The van der Waals surface area contributed by atoms with Crippen LogP contribution in [-0.4, -0.2) is 52.8 Å². The third-order valence-corrected chi connectivity index (χ3v) is 6.44. The van der Waals surface area contributed by atoms with Gasteiger partial charge >= 0.3 is 0 Å². The lowest BCUT2D eigenvalue weighted by molar-refractivity contribution is 0.101. The summed E-state index contributed by atoms with van der Waals surface area (Å²) in [6, 6.07) is 8.74. The van der Waals surface area contributed by atoms with Gasteiger partial charge in [-0.25, -0.2) is 0 Å². The predicted octanol–water partition coefficient (Wildman–Crippen LogP) is 0.921. The van der Waals surface area contributed by atoms with Crippen LogP contribution < -0.4 is 5.19 Å². The Hall–Kier alpha value is -0.903. The molecular weight excluding hydrogens is 224 g/mol. The van der Waals surface area contributed by atoms with Crippen molar-refractivity contribution in [1.29, 1.82) is 0 Å². The predicted molar refractivity (Wildman–Crippen MR) is 80.5 cm³/mol. The first-order valence-corrected chi connectivity index (χ1v) is 7.38. The maximum atomic E-state index is 3.83. The molecule has 1 rings (SSSR count). The first-order valence-electron chi connectivity index (χ1n) is 5.96. The zero-order valence-corrected chi connectivity index (χ0v) is 13.1. The van der Waals surface area contributed by atoms with E-state index in [4.69, 9.17) is 0 Å². The molecule has 2 nitrogen and oxygen atoms in total. The molecule has 0 aliphatic carbocycles. The van der Waals surface area contributed by atoms with Gasteiger partial charge in [0, 0.05) is 0 Å². The highest BCUT2D eigenvalue weighted by atomic mass is 28.2. The first kappa shape index (κ1) is 14.2. The number of rotatable bonds is 5. The van der Waals surface area contributed by atoms with E-state index in [2.05, 4.69) is 75.8 Å². The van der Waals surface area contributed by atoms with Gasteiger partial charge in [0.15, 0.2) is 0 Å². The fraction of sp³-hybridized carbons (Fsp3) is 0.429. The maximum absolute atomic E-state index is 3.83. The van der Waals surface area contributed by atoms with Crippen molar-refractivity contribution in [3.8, 4) is 0 Å². The number of benzene rings is 1. The molecule has 0 aliphatic heterocycles. The third-order valence-electron chi connectivity index (χ3n) is 3.65. The van der Waals surface area contributed by atoms with Crippen LogP contribution in [0.3, 0.4) is 0 Å². The Morgan fingerprint density at radius 2 is 1.76 bits per heavy atom. The summed E-state index contributed by atoms with van der Waals surface area (Å²) in [6.07, 6.45) is 1.92. The summed E-state index contributed by atoms with van der Waals surface area (Å²) in [7, 11) is 8.21. The highest BCUT2D eigenvalue weighted by molar-refractivity contribution is 6.56. The van der Waals surface area contributed by atoms with Gasteiger partial charge in [0.05, 0.1) is 14.8 Å². The van der Waals surface area contributed by atoms with Gasteiger partial charge in [0.25, 0.3) is 0 Å². The third kappa shape index (κ3) is 3.28. The minimum atomic E-state index is -0.415. The zero-order valence-electron chi connectivity index (χ0n) is 11.7. The Balaban J connectivity index is 2.97. The molecule has 17 heavy (non-hydrogen) atoms. The summed E-state index contributed by atoms with van der Waals surface area (Å²) >= 11 is 0. The Labute approximate surface area is 108 Å². The molecule has 0 radical (unpaired) electrons. The number of nitrogens with zero attached hydrogens (tertiary/aromatic N) is 2. The van der Waals surface area contributed by atoms with Crippen molar-refractivity contribution in [2.45, 2.75) is 12.2 Å². The summed E-state index contributed by atoms with van der Waals surface area (Å²) < 4.78 is 0. The van der Waals surface area contributed by atoms with Crippen LogP contribution in [0.25, 0.3) is 6.08 Å². The second kappa shape index (κ2) is 5.62. The van der Waals surface area contributed by atoms with Gasteiger partial charge in [-0.3, -0.25) is 9.80 Å². The van der Waals surface area contributed by atoms with Crippen LogP contribution in [0.2, 0.25) is 0 Å². The lowest BCUT2D eigenvalue weighted by Gasteiger charge is -2.42. The normalized spacial score (nSPS) is 12.9. The van der Waals surface area contributed by atoms with Crippen molar-refractivity contribution in [2.24, 2.45) is 0 Å². The van der Waals surface area contributed by atoms with Gasteiger partial charge < -0.3 is 0 Å². The summed E-state index contributed by atoms with van der Waals surface area (Å²) in [5, 5.41) is 1.65. The molecule has 3 heteroatoms. The minimum absolute atomic E-state index is 0.166. The van der Waals surface area contributed by atoms with Crippen LogP contribution in [0.4, 0.5) is 0 Å². The Kier molecular flexibility index (Phi) is 4.68. The highest BCUT2D eigenvalue weighted by Gasteiger charge is 2.29. The van der Waals surface area contributed by atoms with Gasteiger partial charge in [0.1, 0.15) is 0 Å². The standard InChI is InChI=1S/C14H24N2Si/c1-7-12-9-8-10-13(11-12)17-14(2,15(3)4)16(5)6/h7-11H,1,17H2,2-6H3. The van der Waals surface area contributed by atoms with E-state index in [0.29, 0.717) is 0 Å². The van der Waals surface area contributed by atoms with Crippen molar-refractivity contribution in [3.63, 3.8) is 0 Å². The summed E-state index contributed by atoms with van der Waals surface area (Å²) in [4.78, 5) is 4.64. The second-order valence-corrected chi connectivity index (χ2v) is 7.64. The smallest absolute Gasteiger partial charge is 0.0958 e. The van der Waals surface area contributed by atoms with Gasteiger partial charge in [-0.05, 0) is 40.7 Å². The lowest BCUT2D eigenvalue weighted by Crippen LogP contribution is -2.60. The van der Waals surface area contributed by atoms with Crippen LogP contribution in [-0.2, 0) is 0 Å². The zero-order chi connectivity index (χ0) is 13.1. The highest BCUT2D eigenvalue weighted by Crippen LogP contribution is 2.12. The van der Waals surface area contributed by atoms with Crippen LogP contribution in [0, 0.1) is 0 Å². The molecule has 0 spiro atoms. The Morgan fingerprint density at radius 1 is 1.18 bits per heavy atom. The van der Waals surface area contributed by atoms with E-state index in [-0.39, 0.29) is 5.29 Å². The van der Waals surface area contributed by atoms with Gasteiger partial charge in [-0.15, -0.1) is 0 Å². The molecule has 0 aliphatic rings. The van der Waals surface area contributed by atoms with Crippen LogP contribution >= 0.6 is 0 Å². The molecular formula is C14H24N2Si. The average molecular weight is 248 g/mol. The van der Waals surface area contributed by atoms with Gasteiger partial charge in [-0.2, -0.15) is 0 Å². The molecule has 0 atom stereocenters. The molecule has 0 heterocycles. The molecule has 94 valence electrons. The van der Waals surface area contributed by atoms with Crippen LogP contribution in [0.5, 0.6) is 0 Å². The van der Waals surface area contributed by atoms with E-state index in [1.807, 2.05) is 6.08 Å². The average Bonchev–Trinajstić information content (AvgIpc) is 2.28. The van der Waals surface area contributed by atoms with E-state index in [1.165, 1.54) is 10.8 Å². The summed E-state index contributed by atoms with van der Waals surface area (Å²) in [5.74, 6) is 0. The largest absolute Gasteiger partial charge is 0.295 e. The van der Waals surface area contributed by atoms with E-state index < -0.39 is 9.52 Å². The number of hydrogen-bond acceptors (Lipinski definition) is 2. The van der Waals surface area contributed by atoms with E-state index >= 15 is 0 Å². The Bertz CT molecular complexity index is 378. The fourth-order valence-electron chi connectivity index (χ4n) is 1.93. The van der Waals surface area contributed by atoms with Crippen molar-refractivity contribution in [2.75, 3.05) is 28.2 Å². The molecule has 0 N–H and O–H groups in total. The quantitative estimate of drug-likeness (QED) is 0.565. The van der Waals surface area contributed by atoms with E-state index in [1.54, 1.807) is 0 Å². The molecule has 0 fully saturated rings. The van der Waals surface area contributed by atoms with E-state index in [9.17, 15) is 0 Å².